The fourth-order valence-corrected chi connectivity index (χ4v) is 2.93. The second-order valence-corrected chi connectivity index (χ2v) is 6.55. The third-order valence-electron chi connectivity index (χ3n) is 4.55. The molecule has 0 unspecified atom stereocenters. The number of piperazine rings is 1. The molecule has 7 heteroatoms. The molecule has 0 aliphatic carbocycles. The average Bonchev–Trinajstić information content (AvgIpc) is 2.68. The molecule has 0 spiro atoms. The standard InChI is InChI=1S/C20H23FN4O2/c1-24-10-12-25(13-11-24)16-8-6-15(7-9-16)23-19(26)14-22-20(27)17-4-2-3-5-18(17)21/h2-9H,10-14H2,1H3,(H,22,27)(H,23,26). The third kappa shape index (κ3) is 5.04. The summed E-state index contributed by atoms with van der Waals surface area (Å²) in [5.74, 6) is -1.60. The summed E-state index contributed by atoms with van der Waals surface area (Å²) >= 11 is 0. The van der Waals surface area contributed by atoms with Gasteiger partial charge in [-0.15, -0.1) is 0 Å². The fourth-order valence-electron chi connectivity index (χ4n) is 2.93. The van der Waals surface area contributed by atoms with E-state index < -0.39 is 11.7 Å². The van der Waals surface area contributed by atoms with Crippen LogP contribution in [0.2, 0.25) is 0 Å². The lowest BCUT2D eigenvalue weighted by atomic mass is 10.2. The number of hydrogen-bond acceptors (Lipinski definition) is 4. The normalized spacial score (nSPS) is 14.7. The number of nitrogens with zero attached hydrogens (tertiary/aromatic N) is 2. The lowest BCUT2D eigenvalue weighted by Gasteiger charge is -2.34. The van der Waals surface area contributed by atoms with Crippen molar-refractivity contribution in [2.24, 2.45) is 0 Å². The monoisotopic (exact) mass is 370 g/mol. The Morgan fingerprint density at radius 3 is 2.33 bits per heavy atom. The van der Waals surface area contributed by atoms with Gasteiger partial charge < -0.3 is 20.4 Å². The van der Waals surface area contributed by atoms with Crippen LogP contribution in [0.5, 0.6) is 0 Å². The van der Waals surface area contributed by atoms with Gasteiger partial charge in [-0.25, -0.2) is 4.39 Å². The van der Waals surface area contributed by atoms with Crippen molar-refractivity contribution in [1.82, 2.24) is 10.2 Å². The Bertz CT molecular complexity index is 802. The van der Waals surface area contributed by atoms with Gasteiger partial charge in [-0.1, -0.05) is 12.1 Å². The zero-order valence-electron chi connectivity index (χ0n) is 15.2. The van der Waals surface area contributed by atoms with Crippen LogP contribution in [0, 0.1) is 5.82 Å². The van der Waals surface area contributed by atoms with Gasteiger partial charge in [0.2, 0.25) is 5.91 Å². The van der Waals surface area contributed by atoms with Crippen LogP contribution >= 0.6 is 0 Å². The summed E-state index contributed by atoms with van der Waals surface area (Å²) in [5, 5.41) is 5.15. The van der Waals surface area contributed by atoms with E-state index in [9.17, 15) is 14.0 Å². The summed E-state index contributed by atoms with van der Waals surface area (Å²) in [6, 6.07) is 13.3. The van der Waals surface area contributed by atoms with Crippen LogP contribution < -0.4 is 15.5 Å². The Morgan fingerprint density at radius 1 is 1.00 bits per heavy atom. The van der Waals surface area contributed by atoms with Gasteiger partial charge in [0.25, 0.3) is 5.91 Å². The highest BCUT2D eigenvalue weighted by Gasteiger charge is 2.15. The van der Waals surface area contributed by atoms with Crippen molar-refractivity contribution in [2.45, 2.75) is 0 Å². The molecule has 1 fully saturated rings. The first-order valence-corrected chi connectivity index (χ1v) is 8.89. The molecule has 0 aromatic heterocycles. The minimum atomic E-state index is -0.617. The third-order valence-corrected chi connectivity index (χ3v) is 4.55. The van der Waals surface area contributed by atoms with E-state index in [1.807, 2.05) is 24.3 Å². The van der Waals surface area contributed by atoms with E-state index in [0.29, 0.717) is 5.69 Å². The summed E-state index contributed by atoms with van der Waals surface area (Å²) < 4.78 is 13.6. The molecule has 0 saturated carbocycles. The molecule has 0 radical (unpaired) electrons. The molecule has 27 heavy (non-hydrogen) atoms. The Labute approximate surface area is 158 Å². The molecule has 3 rings (SSSR count). The molecule has 2 N–H and O–H groups in total. The summed E-state index contributed by atoms with van der Waals surface area (Å²) in [6.07, 6.45) is 0. The van der Waals surface area contributed by atoms with E-state index in [1.165, 1.54) is 18.2 Å². The van der Waals surface area contributed by atoms with E-state index in [0.717, 1.165) is 31.9 Å². The number of benzene rings is 2. The first-order chi connectivity index (χ1) is 13.0. The number of carbonyl (C=O) groups is 2. The SMILES string of the molecule is CN1CCN(c2ccc(NC(=O)CNC(=O)c3ccccc3F)cc2)CC1. The zero-order valence-corrected chi connectivity index (χ0v) is 15.2. The summed E-state index contributed by atoms with van der Waals surface area (Å²) in [4.78, 5) is 28.5. The van der Waals surface area contributed by atoms with Crippen LogP contribution in [0.1, 0.15) is 10.4 Å². The molecule has 1 saturated heterocycles. The topological polar surface area (TPSA) is 64.7 Å². The lowest BCUT2D eigenvalue weighted by molar-refractivity contribution is -0.115. The molecule has 0 bridgehead atoms. The molecule has 6 nitrogen and oxygen atoms in total. The molecular weight excluding hydrogens is 347 g/mol. The maximum Gasteiger partial charge on any atom is 0.254 e. The Kier molecular flexibility index (Phi) is 6.03. The molecule has 2 amide bonds. The Balaban J connectivity index is 1.49. The van der Waals surface area contributed by atoms with E-state index in [2.05, 4.69) is 27.5 Å². The van der Waals surface area contributed by atoms with E-state index >= 15 is 0 Å². The predicted molar refractivity (Wildman–Crippen MR) is 104 cm³/mol. The number of likely N-dealkylation sites (N-methyl/N-ethyl adjacent to an activating group) is 1. The van der Waals surface area contributed by atoms with Crippen molar-refractivity contribution in [3.63, 3.8) is 0 Å². The molecular formula is C20H23FN4O2. The van der Waals surface area contributed by atoms with Gasteiger partial charge in [-0.3, -0.25) is 9.59 Å². The summed E-state index contributed by atoms with van der Waals surface area (Å²) in [5.41, 5.74) is 1.69. The molecule has 1 aliphatic rings. The number of halogens is 1. The maximum atomic E-state index is 13.6. The van der Waals surface area contributed by atoms with E-state index in [-0.39, 0.29) is 18.0 Å². The Morgan fingerprint density at radius 2 is 1.67 bits per heavy atom. The second kappa shape index (κ2) is 8.64. The molecule has 0 atom stereocenters. The minimum Gasteiger partial charge on any atom is -0.369 e. The van der Waals surface area contributed by atoms with Crippen molar-refractivity contribution in [1.29, 1.82) is 0 Å². The second-order valence-electron chi connectivity index (χ2n) is 6.55. The van der Waals surface area contributed by atoms with Crippen LogP contribution in [-0.2, 0) is 4.79 Å². The first-order valence-electron chi connectivity index (χ1n) is 8.89. The van der Waals surface area contributed by atoms with E-state index in [1.54, 1.807) is 6.07 Å². The Hall–Kier alpha value is -2.93. The molecule has 2 aromatic carbocycles. The smallest absolute Gasteiger partial charge is 0.254 e. The number of carbonyl (C=O) groups excluding carboxylic acids is 2. The summed E-state index contributed by atoms with van der Waals surface area (Å²) in [7, 11) is 2.11. The summed E-state index contributed by atoms with van der Waals surface area (Å²) in [6.45, 7) is 3.78. The minimum absolute atomic E-state index is 0.0816. The van der Waals surface area contributed by atoms with Crippen LogP contribution in [-0.4, -0.2) is 56.5 Å². The molecule has 142 valence electrons. The molecule has 1 aliphatic heterocycles. The van der Waals surface area contributed by atoms with Crippen molar-refractivity contribution >= 4 is 23.2 Å². The number of rotatable bonds is 5. The van der Waals surface area contributed by atoms with Gasteiger partial charge in [-0.05, 0) is 43.4 Å². The quantitative estimate of drug-likeness (QED) is 0.844. The highest BCUT2D eigenvalue weighted by Crippen LogP contribution is 2.19. The number of anilines is 2. The van der Waals surface area contributed by atoms with Gasteiger partial charge >= 0.3 is 0 Å². The van der Waals surface area contributed by atoms with Crippen LogP contribution in [0.4, 0.5) is 15.8 Å². The molecule has 2 aromatic rings. The van der Waals surface area contributed by atoms with Crippen molar-refractivity contribution < 1.29 is 14.0 Å². The number of hydrogen-bond donors (Lipinski definition) is 2. The van der Waals surface area contributed by atoms with Gasteiger partial charge in [0.1, 0.15) is 5.82 Å². The van der Waals surface area contributed by atoms with Gasteiger partial charge in [0.15, 0.2) is 0 Å². The van der Waals surface area contributed by atoms with Crippen molar-refractivity contribution in [3.05, 3.63) is 59.9 Å². The highest BCUT2D eigenvalue weighted by molar-refractivity contribution is 5.99. The average molecular weight is 370 g/mol. The fraction of sp³-hybridized carbons (Fsp3) is 0.300. The van der Waals surface area contributed by atoms with Crippen LogP contribution in [0.15, 0.2) is 48.5 Å². The number of nitrogens with one attached hydrogen (secondary N) is 2. The van der Waals surface area contributed by atoms with Gasteiger partial charge in [0, 0.05) is 37.6 Å². The lowest BCUT2D eigenvalue weighted by Crippen LogP contribution is -2.44. The maximum absolute atomic E-state index is 13.6. The largest absolute Gasteiger partial charge is 0.369 e. The predicted octanol–water partition coefficient (Wildman–Crippen LogP) is 1.95. The van der Waals surface area contributed by atoms with Crippen molar-refractivity contribution in [3.8, 4) is 0 Å². The van der Waals surface area contributed by atoms with E-state index in [4.69, 9.17) is 0 Å². The van der Waals surface area contributed by atoms with Gasteiger partial charge in [-0.2, -0.15) is 0 Å². The molecule has 1 heterocycles. The zero-order chi connectivity index (χ0) is 19.2. The first kappa shape index (κ1) is 18.8. The van der Waals surface area contributed by atoms with Gasteiger partial charge in [0.05, 0.1) is 12.1 Å². The number of amides is 2. The highest BCUT2D eigenvalue weighted by atomic mass is 19.1. The van der Waals surface area contributed by atoms with Crippen molar-refractivity contribution in [2.75, 3.05) is 50.0 Å². The van der Waals surface area contributed by atoms with Crippen LogP contribution in [0.3, 0.4) is 0 Å². The van der Waals surface area contributed by atoms with Crippen LogP contribution in [0.25, 0.3) is 0 Å².